The van der Waals surface area contributed by atoms with Gasteiger partial charge in [0.2, 0.25) is 0 Å². The van der Waals surface area contributed by atoms with Crippen LogP contribution in [0, 0.1) is 23.7 Å². The zero-order chi connectivity index (χ0) is 66.8. The molecule has 0 aliphatic carbocycles. The van der Waals surface area contributed by atoms with Gasteiger partial charge in [0.15, 0.2) is 12.2 Å². The Morgan fingerprint density at radius 2 is 0.533 bits per heavy atom. The highest BCUT2D eigenvalue weighted by atomic mass is 31.2. The maximum atomic E-state index is 13.0. The van der Waals surface area contributed by atoms with Crippen molar-refractivity contribution in [1.29, 1.82) is 0 Å². The molecular weight excluding hydrogens is 1190 g/mol. The predicted molar refractivity (Wildman–Crippen MR) is 363 cm³/mol. The minimum Gasteiger partial charge on any atom is -0.462 e. The number of unbranched alkanes of at least 4 members (excludes halogenated alkanes) is 32. The van der Waals surface area contributed by atoms with Gasteiger partial charge in [-0.2, -0.15) is 0 Å². The first-order chi connectivity index (χ1) is 43.2. The van der Waals surface area contributed by atoms with Crippen LogP contribution in [0.25, 0.3) is 0 Å². The van der Waals surface area contributed by atoms with Gasteiger partial charge in [0, 0.05) is 25.7 Å². The summed E-state index contributed by atoms with van der Waals surface area (Å²) in [6.45, 7) is 14.1. The summed E-state index contributed by atoms with van der Waals surface area (Å²) < 4.78 is 68.3. The van der Waals surface area contributed by atoms with E-state index in [1.165, 1.54) is 148 Å². The lowest BCUT2D eigenvalue weighted by atomic mass is 9.99. The summed E-state index contributed by atoms with van der Waals surface area (Å²) in [4.78, 5) is 72.5. The fourth-order valence-electron chi connectivity index (χ4n) is 10.6. The smallest absolute Gasteiger partial charge is 0.462 e. The Hall–Kier alpha value is -1.94. The molecule has 0 spiro atoms. The lowest BCUT2D eigenvalue weighted by Gasteiger charge is -2.21. The van der Waals surface area contributed by atoms with Gasteiger partial charge in [-0.3, -0.25) is 37.3 Å². The molecule has 90 heavy (non-hydrogen) atoms. The van der Waals surface area contributed by atoms with Crippen LogP contribution < -0.4 is 0 Å². The van der Waals surface area contributed by atoms with E-state index in [0.29, 0.717) is 31.6 Å². The number of hydrogen-bond acceptors (Lipinski definition) is 15. The molecule has 0 bridgehead atoms. The van der Waals surface area contributed by atoms with E-state index in [-0.39, 0.29) is 25.7 Å². The molecule has 0 saturated heterocycles. The fraction of sp³-hybridized carbons (Fsp3) is 0.944. The third-order valence-corrected chi connectivity index (χ3v) is 18.9. The molecule has 0 heterocycles. The summed E-state index contributed by atoms with van der Waals surface area (Å²) in [5.41, 5.74) is 0. The van der Waals surface area contributed by atoms with Crippen LogP contribution in [0.15, 0.2) is 0 Å². The molecule has 0 radical (unpaired) electrons. The largest absolute Gasteiger partial charge is 0.472 e. The average Bonchev–Trinajstić information content (AvgIpc) is 3.70. The van der Waals surface area contributed by atoms with E-state index < -0.39 is 97.5 Å². The molecule has 3 N–H and O–H groups in total. The second kappa shape index (κ2) is 60.7. The average molecular weight is 1330 g/mol. The number of esters is 4. The number of aliphatic hydroxyl groups excluding tert-OH is 1. The van der Waals surface area contributed by atoms with Crippen molar-refractivity contribution in [3.05, 3.63) is 0 Å². The molecular formula is C71H138O17P2. The number of carbonyl (C=O) groups is 4. The van der Waals surface area contributed by atoms with Crippen LogP contribution in [-0.2, 0) is 65.4 Å². The minimum atomic E-state index is -4.95. The third-order valence-electron chi connectivity index (χ3n) is 17.0. The van der Waals surface area contributed by atoms with Crippen LogP contribution >= 0.6 is 15.6 Å². The Labute approximate surface area is 549 Å². The lowest BCUT2D eigenvalue weighted by molar-refractivity contribution is -0.161. The number of phosphoric acid groups is 2. The standard InChI is InChI=1S/C71H138O17P2/c1-9-63(7)49-41-33-24-17-15-13-11-12-14-16-18-26-35-43-51-68(73)81-57-66(87-71(76)54-46-38-28-22-20-25-34-42-50-64(8)10-2)59-85-89(77,78)83-55-65(72)56-84-90(79,80)86-60-67(58-82-69(74)52-44-36-30-29-32-40-48-62(5)6)88-70(75)53-45-37-27-21-19-23-31-39-47-61(3)4/h61-67,72H,9-60H2,1-8H3,(H,77,78)(H,79,80)/t63?,64?,65-,66-,67-/m1/s1. The van der Waals surface area contributed by atoms with Crippen LogP contribution in [0.4, 0.5) is 0 Å². The molecule has 0 aromatic carbocycles. The third kappa shape index (κ3) is 62.2. The van der Waals surface area contributed by atoms with Crippen molar-refractivity contribution in [3.8, 4) is 0 Å². The van der Waals surface area contributed by atoms with Crippen molar-refractivity contribution in [2.24, 2.45) is 23.7 Å². The number of ether oxygens (including phenoxy) is 4. The van der Waals surface area contributed by atoms with Crippen LogP contribution in [0.3, 0.4) is 0 Å². The topological polar surface area (TPSA) is 237 Å². The van der Waals surface area contributed by atoms with E-state index in [9.17, 15) is 43.2 Å². The molecule has 0 aromatic rings. The first-order valence-corrected chi connectivity index (χ1v) is 39.8. The van der Waals surface area contributed by atoms with E-state index in [4.69, 9.17) is 37.0 Å². The van der Waals surface area contributed by atoms with E-state index in [0.717, 1.165) is 114 Å². The van der Waals surface area contributed by atoms with E-state index in [2.05, 4.69) is 55.4 Å². The lowest BCUT2D eigenvalue weighted by Crippen LogP contribution is -2.30. The van der Waals surface area contributed by atoms with Crippen molar-refractivity contribution in [1.82, 2.24) is 0 Å². The van der Waals surface area contributed by atoms with Gasteiger partial charge in [0.25, 0.3) is 0 Å². The van der Waals surface area contributed by atoms with Crippen molar-refractivity contribution in [2.75, 3.05) is 39.6 Å². The van der Waals surface area contributed by atoms with Crippen molar-refractivity contribution < 1.29 is 80.2 Å². The highest BCUT2D eigenvalue weighted by molar-refractivity contribution is 7.47. The van der Waals surface area contributed by atoms with Crippen LogP contribution in [-0.4, -0.2) is 96.7 Å². The predicted octanol–water partition coefficient (Wildman–Crippen LogP) is 20.1. The molecule has 0 aromatic heterocycles. The zero-order valence-corrected chi connectivity index (χ0v) is 60.6. The second-order valence-corrected chi connectivity index (χ2v) is 30.0. The Morgan fingerprint density at radius 3 is 0.789 bits per heavy atom. The maximum Gasteiger partial charge on any atom is 0.472 e. The summed E-state index contributed by atoms with van der Waals surface area (Å²) in [5, 5.41) is 10.6. The van der Waals surface area contributed by atoms with Gasteiger partial charge in [-0.25, -0.2) is 9.13 Å². The van der Waals surface area contributed by atoms with Gasteiger partial charge < -0.3 is 33.8 Å². The normalized spacial score (nSPS) is 14.9. The number of hydrogen-bond donors (Lipinski definition) is 3. The maximum absolute atomic E-state index is 13.0. The van der Waals surface area contributed by atoms with Gasteiger partial charge in [-0.15, -0.1) is 0 Å². The Kier molecular flexibility index (Phi) is 59.4. The van der Waals surface area contributed by atoms with Gasteiger partial charge in [0.05, 0.1) is 26.4 Å². The van der Waals surface area contributed by atoms with Gasteiger partial charge in [-0.05, 0) is 49.4 Å². The number of carbonyl (C=O) groups excluding carboxylic acids is 4. The minimum absolute atomic E-state index is 0.103. The van der Waals surface area contributed by atoms with Crippen LogP contribution in [0.1, 0.15) is 351 Å². The first kappa shape index (κ1) is 88.1. The van der Waals surface area contributed by atoms with Gasteiger partial charge in [0.1, 0.15) is 19.3 Å². The molecule has 0 fully saturated rings. The van der Waals surface area contributed by atoms with Crippen molar-refractivity contribution in [2.45, 2.75) is 369 Å². The molecule has 19 heteroatoms. The first-order valence-electron chi connectivity index (χ1n) is 36.8. The Balaban J connectivity index is 5.21. The van der Waals surface area contributed by atoms with E-state index in [1.54, 1.807) is 0 Å². The summed E-state index contributed by atoms with van der Waals surface area (Å²) in [5.74, 6) is 0.885. The molecule has 7 atom stereocenters. The molecule has 0 aliphatic heterocycles. The van der Waals surface area contributed by atoms with Crippen molar-refractivity contribution >= 4 is 39.5 Å². The fourth-order valence-corrected chi connectivity index (χ4v) is 12.2. The van der Waals surface area contributed by atoms with Crippen molar-refractivity contribution in [3.63, 3.8) is 0 Å². The molecule has 0 aliphatic rings. The molecule has 0 amide bonds. The molecule has 0 rings (SSSR count). The zero-order valence-electron chi connectivity index (χ0n) is 58.8. The number of rotatable bonds is 68. The summed E-state index contributed by atoms with van der Waals surface area (Å²) in [6.07, 6.45) is 43.2. The number of phosphoric ester groups is 2. The van der Waals surface area contributed by atoms with E-state index in [1.807, 2.05) is 0 Å². The van der Waals surface area contributed by atoms with Gasteiger partial charge in [-0.1, -0.05) is 299 Å². The van der Waals surface area contributed by atoms with Crippen LogP contribution in [0.5, 0.6) is 0 Å². The summed E-state index contributed by atoms with van der Waals surface area (Å²) >= 11 is 0. The molecule has 4 unspecified atom stereocenters. The molecule has 0 saturated carbocycles. The highest BCUT2D eigenvalue weighted by Gasteiger charge is 2.30. The Morgan fingerprint density at radius 1 is 0.311 bits per heavy atom. The quantitative estimate of drug-likeness (QED) is 0.0222. The monoisotopic (exact) mass is 1320 g/mol. The van der Waals surface area contributed by atoms with E-state index >= 15 is 0 Å². The second-order valence-electron chi connectivity index (χ2n) is 27.1. The highest BCUT2D eigenvalue weighted by Crippen LogP contribution is 2.45. The SMILES string of the molecule is CCC(C)CCCCCCCCCCCCCCCCC(=O)OC[C@H](COP(=O)(O)OC[C@@H](O)COP(=O)(O)OC[C@@H](COC(=O)CCCCCCCCC(C)C)OC(=O)CCCCCCCCCCC(C)C)OC(=O)CCCCCCCCCCC(C)CC. The molecule has 17 nitrogen and oxygen atoms in total. The number of aliphatic hydroxyl groups is 1. The summed E-state index contributed by atoms with van der Waals surface area (Å²) in [7, 11) is -9.90. The Bertz CT molecular complexity index is 1790. The van der Waals surface area contributed by atoms with Gasteiger partial charge >= 0.3 is 39.5 Å². The summed E-state index contributed by atoms with van der Waals surface area (Å²) in [6, 6.07) is 0. The van der Waals surface area contributed by atoms with Crippen LogP contribution in [0.2, 0.25) is 0 Å². The molecule has 534 valence electrons.